The third-order valence-electron chi connectivity index (χ3n) is 6.12. The molecular formula is C24H36N4. The lowest BCUT2D eigenvalue weighted by Gasteiger charge is -2.33. The van der Waals surface area contributed by atoms with E-state index in [1.807, 2.05) is 12.3 Å². The molecule has 2 heterocycles. The number of pyridine rings is 1. The molecule has 1 fully saturated rings. The molecule has 0 saturated carbocycles. The van der Waals surface area contributed by atoms with Crippen molar-refractivity contribution in [3.05, 3.63) is 64.5 Å². The number of benzene rings is 1. The Morgan fingerprint density at radius 1 is 1.07 bits per heavy atom. The number of aromatic nitrogens is 1. The van der Waals surface area contributed by atoms with Crippen LogP contribution in [0, 0.1) is 13.8 Å². The summed E-state index contributed by atoms with van der Waals surface area (Å²) in [6.45, 7) is 13.5. The summed E-state index contributed by atoms with van der Waals surface area (Å²) in [5.74, 6) is 0. The molecule has 0 radical (unpaired) electrons. The molecule has 0 N–H and O–H groups in total. The van der Waals surface area contributed by atoms with Gasteiger partial charge in [0.25, 0.3) is 0 Å². The molecule has 1 aliphatic rings. The molecule has 1 aromatic heterocycles. The van der Waals surface area contributed by atoms with E-state index in [1.54, 1.807) is 0 Å². The van der Waals surface area contributed by atoms with E-state index in [0.717, 1.165) is 38.3 Å². The van der Waals surface area contributed by atoms with E-state index in [1.165, 1.54) is 35.3 Å². The monoisotopic (exact) mass is 380 g/mol. The summed E-state index contributed by atoms with van der Waals surface area (Å²) < 4.78 is 0. The van der Waals surface area contributed by atoms with Crippen LogP contribution in [0.3, 0.4) is 0 Å². The van der Waals surface area contributed by atoms with Crippen molar-refractivity contribution in [1.29, 1.82) is 0 Å². The molecule has 3 rings (SSSR count). The molecule has 28 heavy (non-hydrogen) atoms. The maximum atomic E-state index is 4.60. The van der Waals surface area contributed by atoms with Crippen LogP contribution in [-0.2, 0) is 13.1 Å². The van der Waals surface area contributed by atoms with Gasteiger partial charge in [0.1, 0.15) is 0 Å². The van der Waals surface area contributed by atoms with E-state index < -0.39 is 0 Å². The van der Waals surface area contributed by atoms with Gasteiger partial charge in [0.15, 0.2) is 0 Å². The van der Waals surface area contributed by atoms with E-state index in [4.69, 9.17) is 0 Å². The van der Waals surface area contributed by atoms with Crippen molar-refractivity contribution in [3.63, 3.8) is 0 Å². The van der Waals surface area contributed by atoms with Gasteiger partial charge in [-0.3, -0.25) is 14.8 Å². The number of hydrogen-bond acceptors (Lipinski definition) is 4. The van der Waals surface area contributed by atoms with Crippen molar-refractivity contribution in [2.75, 3.05) is 40.3 Å². The van der Waals surface area contributed by atoms with Crippen LogP contribution in [-0.4, -0.2) is 60.0 Å². The van der Waals surface area contributed by atoms with Crippen LogP contribution < -0.4 is 0 Å². The summed E-state index contributed by atoms with van der Waals surface area (Å²) in [5.41, 5.74) is 6.91. The van der Waals surface area contributed by atoms with Crippen molar-refractivity contribution in [2.45, 2.75) is 46.3 Å². The van der Waals surface area contributed by atoms with Crippen molar-refractivity contribution in [1.82, 2.24) is 19.7 Å². The average molecular weight is 381 g/mol. The van der Waals surface area contributed by atoms with Crippen LogP contribution in [0.1, 0.15) is 47.3 Å². The predicted octanol–water partition coefficient (Wildman–Crippen LogP) is 4.03. The standard InChI is InChI=1S/C24H36N4/c1-6-24(23-9-7-8-10-25-23)27(5)17-21-15-19(2)16-22(20(21)3)18-28-13-11-26(4)12-14-28/h7-10,15-16,24H,6,11-14,17-18H2,1-5H3. The quantitative estimate of drug-likeness (QED) is 0.723. The molecule has 0 spiro atoms. The lowest BCUT2D eigenvalue weighted by Crippen LogP contribution is -2.44. The maximum absolute atomic E-state index is 4.60. The van der Waals surface area contributed by atoms with Gasteiger partial charge in [-0.15, -0.1) is 0 Å². The Balaban J connectivity index is 1.75. The molecule has 152 valence electrons. The predicted molar refractivity (Wildman–Crippen MR) is 117 cm³/mol. The molecule has 1 saturated heterocycles. The highest BCUT2D eigenvalue weighted by molar-refractivity contribution is 5.38. The van der Waals surface area contributed by atoms with E-state index in [9.17, 15) is 0 Å². The zero-order valence-electron chi connectivity index (χ0n) is 18.3. The van der Waals surface area contributed by atoms with Crippen LogP contribution in [0.5, 0.6) is 0 Å². The second kappa shape index (κ2) is 9.64. The molecule has 1 aromatic carbocycles. The van der Waals surface area contributed by atoms with Crippen molar-refractivity contribution >= 4 is 0 Å². The number of hydrogen-bond donors (Lipinski definition) is 0. The fourth-order valence-corrected chi connectivity index (χ4v) is 4.29. The Kier molecular flexibility index (Phi) is 7.22. The van der Waals surface area contributed by atoms with Gasteiger partial charge in [0.05, 0.1) is 11.7 Å². The normalized spacial score (nSPS) is 17.2. The molecule has 2 aromatic rings. The fraction of sp³-hybridized carbons (Fsp3) is 0.542. The Morgan fingerprint density at radius 2 is 1.79 bits per heavy atom. The van der Waals surface area contributed by atoms with Gasteiger partial charge >= 0.3 is 0 Å². The Labute approximate surface area is 171 Å². The number of likely N-dealkylation sites (N-methyl/N-ethyl adjacent to an activating group) is 1. The van der Waals surface area contributed by atoms with Crippen LogP contribution >= 0.6 is 0 Å². The number of nitrogens with zero attached hydrogens (tertiary/aromatic N) is 4. The van der Waals surface area contributed by atoms with Crippen molar-refractivity contribution in [2.24, 2.45) is 0 Å². The average Bonchev–Trinajstić information content (AvgIpc) is 2.68. The third-order valence-corrected chi connectivity index (χ3v) is 6.12. The largest absolute Gasteiger partial charge is 0.304 e. The molecule has 4 nitrogen and oxygen atoms in total. The van der Waals surface area contributed by atoms with Gasteiger partial charge in [-0.1, -0.05) is 30.7 Å². The second-order valence-corrected chi connectivity index (χ2v) is 8.38. The first-order valence-electron chi connectivity index (χ1n) is 10.6. The summed E-state index contributed by atoms with van der Waals surface area (Å²) >= 11 is 0. The fourth-order valence-electron chi connectivity index (χ4n) is 4.29. The highest BCUT2D eigenvalue weighted by atomic mass is 15.2. The van der Waals surface area contributed by atoms with Crippen LogP contribution in [0.2, 0.25) is 0 Å². The first-order chi connectivity index (χ1) is 13.5. The highest BCUT2D eigenvalue weighted by Crippen LogP contribution is 2.26. The minimum Gasteiger partial charge on any atom is -0.304 e. The summed E-state index contributed by atoms with van der Waals surface area (Å²) in [4.78, 5) is 12.1. The van der Waals surface area contributed by atoms with Gasteiger partial charge < -0.3 is 4.90 Å². The topological polar surface area (TPSA) is 22.6 Å². The van der Waals surface area contributed by atoms with E-state index >= 15 is 0 Å². The van der Waals surface area contributed by atoms with E-state index in [2.05, 4.69) is 78.8 Å². The van der Waals surface area contributed by atoms with Gasteiger partial charge in [-0.05, 0) is 63.2 Å². The van der Waals surface area contributed by atoms with E-state index in [-0.39, 0.29) is 0 Å². The number of piperazine rings is 1. The van der Waals surface area contributed by atoms with Crippen LogP contribution in [0.4, 0.5) is 0 Å². The molecule has 0 aliphatic carbocycles. The molecule has 1 atom stereocenters. The van der Waals surface area contributed by atoms with Crippen LogP contribution in [0.25, 0.3) is 0 Å². The van der Waals surface area contributed by atoms with Gasteiger partial charge in [0.2, 0.25) is 0 Å². The SMILES string of the molecule is CCC(c1ccccn1)N(C)Cc1cc(C)cc(CN2CCN(C)CC2)c1C. The summed E-state index contributed by atoms with van der Waals surface area (Å²) in [5, 5.41) is 0. The second-order valence-electron chi connectivity index (χ2n) is 8.38. The Morgan fingerprint density at radius 3 is 2.43 bits per heavy atom. The summed E-state index contributed by atoms with van der Waals surface area (Å²) in [6.07, 6.45) is 2.96. The van der Waals surface area contributed by atoms with Crippen molar-refractivity contribution < 1.29 is 0 Å². The number of aryl methyl sites for hydroxylation is 1. The molecule has 1 aliphatic heterocycles. The van der Waals surface area contributed by atoms with Gasteiger partial charge in [-0.25, -0.2) is 0 Å². The lowest BCUT2D eigenvalue weighted by molar-refractivity contribution is 0.148. The zero-order chi connectivity index (χ0) is 20.1. The highest BCUT2D eigenvalue weighted by Gasteiger charge is 2.19. The van der Waals surface area contributed by atoms with Gasteiger partial charge in [-0.2, -0.15) is 0 Å². The Hall–Kier alpha value is -1.75. The maximum Gasteiger partial charge on any atom is 0.0575 e. The smallest absolute Gasteiger partial charge is 0.0575 e. The lowest BCUT2D eigenvalue weighted by atomic mass is 9.97. The zero-order valence-corrected chi connectivity index (χ0v) is 18.3. The minimum atomic E-state index is 0.349. The first kappa shape index (κ1) is 21.0. The molecular weight excluding hydrogens is 344 g/mol. The molecule has 0 bridgehead atoms. The summed E-state index contributed by atoms with van der Waals surface area (Å²) in [7, 11) is 4.44. The number of rotatable bonds is 7. The molecule has 4 heteroatoms. The minimum absolute atomic E-state index is 0.349. The first-order valence-corrected chi connectivity index (χ1v) is 10.6. The van der Waals surface area contributed by atoms with Crippen LogP contribution in [0.15, 0.2) is 36.5 Å². The Bertz CT molecular complexity index is 751. The third kappa shape index (κ3) is 5.19. The van der Waals surface area contributed by atoms with Crippen molar-refractivity contribution in [3.8, 4) is 0 Å². The summed E-state index contributed by atoms with van der Waals surface area (Å²) in [6, 6.07) is 11.3. The molecule has 1 unspecified atom stereocenters. The van der Waals surface area contributed by atoms with Gasteiger partial charge in [0, 0.05) is 45.5 Å². The van der Waals surface area contributed by atoms with E-state index in [0.29, 0.717) is 6.04 Å². The molecule has 0 amide bonds.